The number of ether oxygens (including phenoxy) is 2. The number of anilines is 1. The summed E-state index contributed by atoms with van der Waals surface area (Å²) in [5, 5.41) is 18.1. The van der Waals surface area contributed by atoms with Gasteiger partial charge in [-0.2, -0.15) is 5.10 Å². The Morgan fingerprint density at radius 1 is 1.00 bits per heavy atom. The molecule has 3 aromatic carbocycles. The number of methoxy groups -OCH3 is 1. The molecule has 0 atom stereocenters. The number of esters is 1. The van der Waals surface area contributed by atoms with E-state index >= 15 is 0 Å². The third-order valence-electron chi connectivity index (χ3n) is 5.03. The van der Waals surface area contributed by atoms with Gasteiger partial charge in [0, 0.05) is 17.8 Å². The van der Waals surface area contributed by atoms with E-state index in [1.54, 1.807) is 30.3 Å². The Bertz CT molecular complexity index is 1380. The Morgan fingerprint density at radius 3 is 2.43 bits per heavy atom. The third-order valence-corrected chi connectivity index (χ3v) is 5.03. The number of nitro benzene ring substituents is 1. The summed E-state index contributed by atoms with van der Waals surface area (Å²) < 4.78 is 12.2. The van der Waals surface area contributed by atoms with Crippen molar-refractivity contribution in [1.29, 1.82) is 0 Å². The number of hydrogen-bond acceptors (Lipinski definition) is 7. The second-order valence-electron chi connectivity index (χ2n) is 7.27. The van der Waals surface area contributed by atoms with Gasteiger partial charge in [-0.1, -0.05) is 42.5 Å². The van der Waals surface area contributed by atoms with Gasteiger partial charge >= 0.3 is 5.97 Å². The molecule has 0 aliphatic carbocycles. The largest absolute Gasteiger partial charge is 0.496 e. The van der Waals surface area contributed by atoms with Crippen molar-refractivity contribution in [2.45, 2.75) is 0 Å². The van der Waals surface area contributed by atoms with Crippen molar-refractivity contribution in [3.63, 3.8) is 0 Å². The molecule has 1 N–H and O–H groups in total. The summed E-state index contributed by atoms with van der Waals surface area (Å²) in [6.07, 6.45) is 1.51. The van der Waals surface area contributed by atoms with Crippen molar-refractivity contribution >= 4 is 23.3 Å². The predicted octanol–water partition coefficient (Wildman–Crippen LogP) is 4.25. The molecular formula is C25H20N4O6. The van der Waals surface area contributed by atoms with E-state index in [-0.39, 0.29) is 16.9 Å². The SMILES string of the molecule is COc1ccccc1-c1nn(-c2ccccc2)cc1C(=O)OCC(=O)Nc1ccccc1[N+](=O)[O-]. The number of amides is 1. The van der Waals surface area contributed by atoms with E-state index in [1.807, 2.05) is 30.3 Å². The molecule has 0 aliphatic rings. The highest BCUT2D eigenvalue weighted by Crippen LogP contribution is 2.32. The average Bonchev–Trinajstić information content (AvgIpc) is 3.33. The fourth-order valence-electron chi connectivity index (χ4n) is 3.41. The van der Waals surface area contributed by atoms with Crippen molar-refractivity contribution in [2.75, 3.05) is 19.0 Å². The topological polar surface area (TPSA) is 126 Å². The number of nitrogens with one attached hydrogen (secondary N) is 1. The zero-order valence-corrected chi connectivity index (χ0v) is 18.6. The lowest BCUT2D eigenvalue weighted by molar-refractivity contribution is -0.383. The summed E-state index contributed by atoms with van der Waals surface area (Å²) in [4.78, 5) is 35.9. The number of para-hydroxylation sites is 4. The first-order chi connectivity index (χ1) is 17.0. The second-order valence-corrected chi connectivity index (χ2v) is 7.27. The monoisotopic (exact) mass is 472 g/mol. The highest BCUT2D eigenvalue weighted by Gasteiger charge is 2.23. The van der Waals surface area contributed by atoms with E-state index in [4.69, 9.17) is 9.47 Å². The lowest BCUT2D eigenvalue weighted by Gasteiger charge is -2.09. The van der Waals surface area contributed by atoms with E-state index in [0.29, 0.717) is 17.0 Å². The number of carbonyl (C=O) groups excluding carboxylic acids is 2. The van der Waals surface area contributed by atoms with Crippen LogP contribution in [-0.4, -0.2) is 40.3 Å². The fourth-order valence-corrected chi connectivity index (χ4v) is 3.41. The molecule has 1 amide bonds. The molecule has 0 unspecified atom stereocenters. The van der Waals surface area contributed by atoms with Gasteiger partial charge in [-0.3, -0.25) is 14.9 Å². The Labute approximate surface area is 199 Å². The summed E-state index contributed by atoms with van der Waals surface area (Å²) in [5.74, 6) is -0.998. The van der Waals surface area contributed by atoms with Gasteiger partial charge < -0.3 is 14.8 Å². The van der Waals surface area contributed by atoms with Crippen LogP contribution in [0.1, 0.15) is 10.4 Å². The molecule has 176 valence electrons. The smallest absolute Gasteiger partial charge is 0.342 e. The summed E-state index contributed by atoms with van der Waals surface area (Å²) in [6, 6.07) is 22.0. The minimum absolute atomic E-state index is 0.00478. The molecule has 35 heavy (non-hydrogen) atoms. The second kappa shape index (κ2) is 10.3. The summed E-state index contributed by atoms with van der Waals surface area (Å²) in [7, 11) is 1.51. The predicted molar refractivity (Wildman–Crippen MR) is 128 cm³/mol. The van der Waals surface area contributed by atoms with Crippen molar-refractivity contribution in [3.05, 3.63) is 101 Å². The maximum absolute atomic E-state index is 13.0. The van der Waals surface area contributed by atoms with Crippen LogP contribution in [0.25, 0.3) is 16.9 Å². The Balaban J connectivity index is 1.59. The highest BCUT2D eigenvalue weighted by atomic mass is 16.6. The van der Waals surface area contributed by atoms with Crippen LogP contribution in [0, 0.1) is 10.1 Å². The number of nitrogens with zero attached hydrogens (tertiary/aromatic N) is 3. The quantitative estimate of drug-likeness (QED) is 0.231. The molecule has 1 aromatic heterocycles. The van der Waals surface area contributed by atoms with Gasteiger partial charge in [0.15, 0.2) is 6.61 Å². The first-order valence-electron chi connectivity index (χ1n) is 10.5. The molecule has 0 saturated carbocycles. The fraction of sp³-hybridized carbons (Fsp3) is 0.0800. The molecule has 10 nitrogen and oxygen atoms in total. The Morgan fingerprint density at radius 2 is 1.69 bits per heavy atom. The number of carbonyl (C=O) groups is 2. The molecule has 0 spiro atoms. The standard InChI is InChI=1S/C25H20N4O6/c1-34-22-14-8-5-11-18(22)24-19(15-28(27-24)17-9-3-2-4-10-17)25(31)35-16-23(30)26-20-12-6-7-13-21(20)29(32)33/h2-15H,16H2,1H3,(H,26,30). The van der Waals surface area contributed by atoms with E-state index in [2.05, 4.69) is 10.4 Å². The molecule has 0 radical (unpaired) electrons. The molecule has 4 aromatic rings. The number of benzene rings is 3. The molecule has 10 heteroatoms. The zero-order chi connectivity index (χ0) is 24.8. The lowest BCUT2D eigenvalue weighted by atomic mass is 10.1. The minimum Gasteiger partial charge on any atom is -0.496 e. The van der Waals surface area contributed by atoms with Gasteiger partial charge in [0.1, 0.15) is 22.7 Å². The van der Waals surface area contributed by atoms with Crippen molar-refractivity contribution in [2.24, 2.45) is 0 Å². The molecule has 0 aliphatic heterocycles. The van der Waals surface area contributed by atoms with Crippen LogP contribution in [0.15, 0.2) is 85.1 Å². The molecule has 0 fully saturated rings. The molecule has 1 heterocycles. The molecule has 4 rings (SSSR count). The van der Waals surface area contributed by atoms with Crippen molar-refractivity contribution in [3.8, 4) is 22.7 Å². The van der Waals surface area contributed by atoms with Gasteiger partial charge in [0.05, 0.1) is 17.7 Å². The van der Waals surface area contributed by atoms with Gasteiger partial charge in [-0.25, -0.2) is 9.48 Å². The van der Waals surface area contributed by atoms with E-state index < -0.39 is 23.4 Å². The van der Waals surface area contributed by atoms with E-state index in [9.17, 15) is 19.7 Å². The lowest BCUT2D eigenvalue weighted by Crippen LogP contribution is -2.21. The molecule has 0 saturated heterocycles. The van der Waals surface area contributed by atoms with Crippen LogP contribution in [0.3, 0.4) is 0 Å². The van der Waals surface area contributed by atoms with Crippen LogP contribution in [-0.2, 0) is 9.53 Å². The first-order valence-corrected chi connectivity index (χ1v) is 10.5. The number of nitro groups is 1. The Hall–Kier alpha value is -4.99. The summed E-state index contributed by atoms with van der Waals surface area (Å²) in [6.45, 7) is -0.646. The van der Waals surface area contributed by atoms with Crippen LogP contribution in [0.5, 0.6) is 5.75 Å². The van der Waals surface area contributed by atoms with Gasteiger partial charge in [-0.15, -0.1) is 0 Å². The van der Waals surface area contributed by atoms with Crippen LogP contribution in [0.4, 0.5) is 11.4 Å². The first kappa shape index (κ1) is 23.2. The molecule has 0 bridgehead atoms. The normalized spacial score (nSPS) is 10.4. The van der Waals surface area contributed by atoms with Crippen molar-refractivity contribution < 1.29 is 24.0 Å². The highest BCUT2D eigenvalue weighted by molar-refractivity contribution is 5.99. The summed E-state index contributed by atoms with van der Waals surface area (Å²) in [5.41, 5.74) is 1.46. The van der Waals surface area contributed by atoms with Crippen LogP contribution >= 0.6 is 0 Å². The summed E-state index contributed by atoms with van der Waals surface area (Å²) >= 11 is 0. The number of hydrogen-bond donors (Lipinski definition) is 1. The minimum atomic E-state index is -0.786. The van der Waals surface area contributed by atoms with Gasteiger partial charge in [0.2, 0.25) is 0 Å². The Kier molecular flexibility index (Phi) is 6.82. The van der Waals surface area contributed by atoms with Crippen LogP contribution in [0.2, 0.25) is 0 Å². The zero-order valence-electron chi connectivity index (χ0n) is 18.6. The molecular weight excluding hydrogens is 452 g/mol. The van der Waals surface area contributed by atoms with E-state index in [1.165, 1.54) is 36.2 Å². The van der Waals surface area contributed by atoms with Gasteiger partial charge in [0.25, 0.3) is 11.6 Å². The van der Waals surface area contributed by atoms with Crippen molar-refractivity contribution in [1.82, 2.24) is 9.78 Å². The van der Waals surface area contributed by atoms with E-state index in [0.717, 1.165) is 5.69 Å². The number of rotatable bonds is 8. The third kappa shape index (κ3) is 5.17. The van der Waals surface area contributed by atoms with Gasteiger partial charge in [-0.05, 0) is 30.3 Å². The maximum Gasteiger partial charge on any atom is 0.342 e. The number of aromatic nitrogens is 2. The maximum atomic E-state index is 13.0. The average molecular weight is 472 g/mol. The van der Waals surface area contributed by atoms with Crippen LogP contribution < -0.4 is 10.1 Å².